The smallest absolute Gasteiger partial charge is 0.274 e. The second-order valence-electron chi connectivity index (χ2n) is 8.83. The molecular weight excluding hydrogens is 428 g/mol. The van der Waals surface area contributed by atoms with E-state index < -0.39 is 0 Å². The van der Waals surface area contributed by atoms with E-state index in [0.29, 0.717) is 57.1 Å². The number of morpholine rings is 1. The summed E-state index contributed by atoms with van der Waals surface area (Å²) in [7, 11) is 0. The molecule has 2 aliphatic heterocycles. The highest BCUT2D eigenvalue weighted by Crippen LogP contribution is 2.26. The number of carbonyl (C=O) groups excluding carboxylic acids is 2. The number of carbonyl (C=O) groups is 2. The Morgan fingerprint density at radius 1 is 0.853 bits per heavy atom. The molecule has 1 saturated heterocycles. The maximum Gasteiger partial charge on any atom is 0.274 e. The van der Waals surface area contributed by atoms with Gasteiger partial charge in [0, 0.05) is 49.4 Å². The maximum atomic E-state index is 13.4. The number of aromatic nitrogens is 2. The van der Waals surface area contributed by atoms with Crippen LogP contribution in [0.4, 0.5) is 0 Å². The molecule has 3 aromatic rings. The molecule has 1 fully saturated rings. The number of ether oxygens (including phenoxy) is 1. The molecule has 0 bridgehead atoms. The molecule has 5 rings (SSSR count). The van der Waals surface area contributed by atoms with E-state index in [1.54, 1.807) is 0 Å². The summed E-state index contributed by atoms with van der Waals surface area (Å²) >= 11 is 0. The van der Waals surface area contributed by atoms with Crippen LogP contribution in [0.15, 0.2) is 60.7 Å². The highest BCUT2D eigenvalue weighted by atomic mass is 16.5. The number of hydrogen-bond donors (Lipinski definition) is 0. The predicted octanol–water partition coefficient (Wildman–Crippen LogP) is 3.19. The van der Waals surface area contributed by atoms with Gasteiger partial charge >= 0.3 is 0 Å². The minimum Gasteiger partial charge on any atom is -0.378 e. The minimum atomic E-state index is -0.0598. The zero-order valence-electron chi connectivity index (χ0n) is 19.4. The van der Waals surface area contributed by atoms with E-state index in [0.717, 1.165) is 30.6 Å². The van der Waals surface area contributed by atoms with Gasteiger partial charge in [-0.2, -0.15) is 5.10 Å². The number of aryl methyl sites for hydroxylation is 2. The van der Waals surface area contributed by atoms with Gasteiger partial charge in [-0.25, -0.2) is 0 Å². The first-order valence-corrected chi connectivity index (χ1v) is 12.0. The van der Waals surface area contributed by atoms with Crippen LogP contribution in [0, 0.1) is 0 Å². The number of amides is 2. The van der Waals surface area contributed by atoms with Crippen LogP contribution in [-0.2, 0) is 30.7 Å². The van der Waals surface area contributed by atoms with Crippen molar-refractivity contribution in [2.45, 2.75) is 32.4 Å². The van der Waals surface area contributed by atoms with Crippen LogP contribution in [0.3, 0.4) is 0 Å². The topological polar surface area (TPSA) is 67.7 Å². The van der Waals surface area contributed by atoms with Gasteiger partial charge in [0.1, 0.15) is 0 Å². The van der Waals surface area contributed by atoms with Gasteiger partial charge in [0.05, 0.1) is 19.8 Å². The second-order valence-corrected chi connectivity index (χ2v) is 8.83. The number of fused-ring (bicyclic) bond motifs is 1. The molecule has 34 heavy (non-hydrogen) atoms. The van der Waals surface area contributed by atoms with Crippen LogP contribution in [0.2, 0.25) is 0 Å². The van der Waals surface area contributed by atoms with E-state index in [-0.39, 0.29) is 11.8 Å². The molecule has 2 aromatic carbocycles. The third kappa shape index (κ3) is 4.75. The van der Waals surface area contributed by atoms with Crippen LogP contribution in [0.1, 0.15) is 44.1 Å². The minimum absolute atomic E-state index is 0.00662. The molecule has 1 aromatic heterocycles. The molecule has 2 aliphatic rings. The molecule has 0 atom stereocenters. The number of benzene rings is 2. The lowest BCUT2D eigenvalue weighted by Gasteiger charge is -2.29. The summed E-state index contributed by atoms with van der Waals surface area (Å²) in [5.41, 5.74) is 4.44. The Bertz CT molecular complexity index is 1140. The van der Waals surface area contributed by atoms with Crippen molar-refractivity contribution in [3.05, 3.63) is 88.7 Å². The van der Waals surface area contributed by atoms with E-state index in [4.69, 9.17) is 9.84 Å². The van der Waals surface area contributed by atoms with Crippen molar-refractivity contribution >= 4 is 11.8 Å². The quantitative estimate of drug-likeness (QED) is 0.569. The number of rotatable bonds is 6. The lowest BCUT2D eigenvalue weighted by molar-refractivity contribution is 0.0296. The summed E-state index contributed by atoms with van der Waals surface area (Å²) in [5, 5.41) is 4.81. The van der Waals surface area contributed by atoms with Gasteiger partial charge < -0.3 is 14.5 Å². The average molecular weight is 459 g/mol. The Balaban J connectivity index is 1.39. The Morgan fingerprint density at radius 3 is 2.29 bits per heavy atom. The fourth-order valence-electron chi connectivity index (χ4n) is 4.78. The zero-order chi connectivity index (χ0) is 23.3. The summed E-state index contributed by atoms with van der Waals surface area (Å²) in [4.78, 5) is 30.2. The van der Waals surface area contributed by atoms with Gasteiger partial charge in [0.15, 0.2) is 5.69 Å². The monoisotopic (exact) mass is 458 g/mol. The molecule has 176 valence electrons. The standard InChI is InChI=1S/C27H30N4O3/c32-26(22-11-5-2-6-12-22)30-15-13-24-23(20-30)25(27(33)29-16-18-34-19-17-29)28-31(24)14-7-10-21-8-3-1-4-9-21/h1-6,8-9,11-12H,7,10,13-20H2. The van der Waals surface area contributed by atoms with Crippen molar-refractivity contribution in [3.63, 3.8) is 0 Å². The zero-order valence-corrected chi connectivity index (χ0v) is 19.4. The molecule has 0 saturated carbocycles. The van der Waals surface area contributed by atoms with Crippen molar-refractivity contribution in [2.24, 2.45) is 0 Å². The largest absolute Gasteiger partial charge is 0.378 e. The molecule has 0 aliphatic carbocycles. The van der Waals surface area contributed by atoms with Crippen molar-refractivity contribution < 1.29 is 14.3 Å². The first-order valence-electron chi connectivity index (χ1n) is 12.0. The normalized spacial score (nSPS) is 15.8. The molecule has 0 spiro atoms. The molecule has 0 unspecified atom stereocenters. The van der Waals surface area contributed by atoms with Crippen molar-refractivity contribution in [1.82, 2.24) is 19.6 Å². The fourth-order valence-corrected chi connectivity index (χ4v) is 4.78. The van der Waals surface area contributed by atoms with Crippen molar-refractivity contribution in [3.8, 4) is 0 Å². The van der Waals surface area contributed by atoms with Crippen LogP contribution in [-0.4, -0.2) is 64.2 Å². The van der Waals surface area contributed by atoms with Gasteiger partial charge in [-0.05, 0) is 30.5 Å². The summed E-state index contributed by atoms with van der Waals surface area (Å²) in [6.45, 7) is 4.01. The second kappa shape index (κ2) is 10.2. The van der Waals surface area contributed by atoms with E-state index >= 15 is 0 Å². The third-order valence-corrected chi connectivity index (χ3v) is 6.62. The SMILES string of the molecule is O=C(c1ccccc1)N1CCc2c(c(C(=O)N3CCOCC3)nn2CCCc2ccccc2)C1. The third-order valence-electron chi connectivity index (χ3n) is 6.62. The van der Waals surface area contributed by atoms with Crippen LogP contribution in [0.5, 0.6) is 0 Å². The molecular formula is C27H30N4O3. The van der Waals surface area contributed by atoms with Gasteiger partial charge in [-0.1, -0.05) is 48.5 Å². The number of nitrogens with zero attached hydrogens (tertiary/aromatic N) is 4. The maximum absolute atomic E-state index is 13.4. The Kier molecular flexibility index (Phi) is 6.72. The molecule has 2 amide bonds. The average Bonchev–Trinajstić information content (AvgIpc) is 3.27. The molecule has 0 N–H and O–H groups in total. The number of hydrogen-bond acceptors (Lipinski definition) is 4. The van der Waals surface area contributed by atoms with Crippen molar-refractivity contribution in [2.75, 3.05) is 32.8 Å². The first kappa shape index (κ1) is 22.3. The van der Waals surface area contributed by atoms with E-state index in [1.165, 1.54) is 5.56 Å². The molecule has 7 nitrogen and oxygen atoms in total. The first-order chi connectivity index (χ1) is 16.7. The van der Waals surface area contributed by atoms with Gasteiger partial charge in [-0.15, -0.1) is 0 Å². The Hall–Kier alpha value is -3.45. The van der Waals surface area contributed by atoms with Gasteiger partial charge in [0.25, 0.3) is 11.8 Å². The van der Waals surface area contributed by atoms with Crippen LogP contribution < -0.4 is 0 Å². The highest BCUT2D eigenvalue weighted by Gasteiger charge is 2.32. The van der Waals surface area contributed by atoms with Crippen LogP contribution >= 0.6 is 0 Å². The summed E-state index contributed by atoms with van der Waals surface area (Å²) in [6.07, 6.45) is 2.60. The molecule has 0 radical (unpaired) electrons. The van der Waals surface area contributed by atoms with Crippen LogP contribution in [0.25, 0.3) is 0 Å². The molecule has 3 heterocycles. The summed E-state index contributed by atoms with van der Waals surface area (Å²) in [5.74, 6) is -0.0665. The summed E-state index contributed by atoms with van der Waals surface area (Å²) in [6, 6.07) is 19.8. The lowest BCUT2D eigenvalue weighted by atomic mass is 10.0. The fraction of sp³-hybridized carbons (Fsp3) is 0.370. The predicted molar refractivity (Wildman–Crippen MR) is 129 cm³/mol. The Labute approximate surface area is 199 Å². The van der Waals surface area contributed by atoms with Crippen molar-refractivity contribution in [1.29, 1.82) is 0 Å². The Morgan fingerprint density at radius 2 is 1.56 bits per heavy atom. The lowest BCUT2D eigenvalue weighted by Crippen LogP contribution is -2.42. The van der Waals surface area contributed by atoms with E-state index in [1.807, 2.05) is 50.9 Å². The van der Waals surface area contributed by atoms with E-state index in [2.05, 4.69) is 24.3 Å². The summed E-state index contributed by atoms with van der Waals surface area (Å²) < 4.78 is 7.43. The molecule has 7 heteroatoms. The van der Waals surface area contributed by atoms with Gasteiger partial charge in [0.2, 0.25) is 0 Å². The van der Waals surface area contributed by atoms with Gasteiger partial charge in [-0.3, -0.25) is 14.3 Å². The van der Waals surface area contributed by atoms with E-state index in [9.17, 15) is 9.59 Å². The highest BCUT2D eigenvalue weighted by molar-refractivity contribution is 5.96.